The maximum absolute atomic E-state index is 6.46. The van der Waals surface area contributed by atoms with E-state index in [9.17, 15) is 0 Å². The Morgan fingerprint density at radius 2 is 1.81 bits per heavy atom. The molecule has 21 heavy (non-hydrogen) atoms. The van der Waals surface area contributed by atoms with Crippen molar-refractivity contribution in [3.05, 3.63) is 33.8 Å². The normalized spacial score (nSPS) is 27.6. The van der Waals surface area contributed by atoms with Gasteiger partial charge in [0, 0.05) is 21.7 Å². The van der Waals surface area contributed by atoms with Crippen molar-refractivity contribution < 1.29 is 0 Å². The second-order valence-corrected chi connectivity index (χ2v) is 7.41. The minimum Gasteiger partial charge on any atom is -0.310 e. The van der Waals surface area contributed by atoms with Crippen LogP contribution in [-0.2, 0) is 0 Å². The summed E-state index contributed by atoms with van der Waals surface area (Å²) in [6.07, 6.45) is 4.94. The van der Waals surface area contributed by atoms with Gasteiger partial charge in [-0.05, 0) is 55.7 Å². The van der Waals surface area contributed by atoms with E-state index in [-0.39, 0.29) is 6.04 Å². The molecule has 1 aliphatic rings. The highest BCUT2D eigenvalue weighted by Crippen LogP contribution is 2.43. The molecule has 0 aliphatic heterocycles. The van der Waals surface area contributed by atoms with Gasteiger partial charge in [-0.3, -0.25) is 0 Å². The molecule has 3 heteroatoms. The van der Waals surface area contributed by atoms with Gasteiger partial charge in [0.05, 0.1) is 0 Å². The fraction of sp³-hybridized carbons (Fsp3) is 0.667. The van der Waals surface area contributed by atoms with Gasteiger partial charge in [0.15, 0.2) is 0 Å². The van der Waals surface area contributed by atoms with Crippen LogP contribution >= 0.6 is 23.2 Å². The van der Waals surface area contributed by atoms with Crippen molar-refractivity contribution in [2.45, 2.75) is 52.5 Å². The van der Waals surface area contributed by atoms with E-state index < -0.39 is 0 Å². The zero-order chi connectivity index (χ0) is 15.4. The molecule has 0 amide bonds. The van der Waals surface area contributed by atoms with Crippen LogP contribution in [0.25, 0.3) is 0 Å². The molecule has 118 valence electrons. The number of rotatable bonds is 5. The maximum Gasteiger partial charge on any atom is 0.0468 e. The molecule has 0 bridgehead atoms. The molecule has 1 aliphatic carbocycles. The van der Waals surface area contributed by atoms with Crippen LogP contribution in [0.4, 0.5) is 0 Å². The molecule has 4 atom stereocenters. The number of hydrogen-bond donors (Lipinski definition) is 1. The van der Waals surface area contributed by atoms with Gasteiger partial charge in [-0.25, -0.2) is 0 Å². The Morgan fingerprint density at radius 1 is 1.14 bits per heavy atom. The number of benzene rings is 1. The molecule has 1 N–H and O–H groups in total. The molecule has 0 saturated heterocycles. The van der Waals surface area contributed by atoms with Crippen LogP contribution in [0.1, 0.15) is 58.1 Å². The van der Waals surface area contributed by atoms with Gasteiger partial charge in [-0.15, -0.1) is 0 Å². The first-order valence-electron chi connectivity index (χ1n) is 8.21. The lowest BCUT2D eigenvalue weighted by Gasteiger charge is -2.38. The van der Waals surface area contributed by atoms with Gasteiger partial charge in [-0.2, -0.15) is 0 Å². The Hall–Kier alpha value is -0.240. The van der Waals surface area contributed by atoms with E-state index in [0.29, 0.717) is 5.92 Å². The third-order valence-corrected chi connectivity index (χ3v) is 5.69. The summed E-state index contributed by atoms with van der Waals surface area (Å²) >= 11 is 12.9. The van der Waals surface area contributed by atoms with Crippen LogP contribution in [0.5, 0.6) is 0 Å². The molecule has 2 rings (SSSR count). The SMILES string of the molecule is CCCNC(c1c(Cl)cccc1Cl)C1CCC(C)C(C)C1. The maximum atomic E-state index is 6.46. The summed E-state index contributed by atoms with van der Waals surface area (Å²) in [6.45, 7) is 7.95. The summed E-state index contributed by atoms with van der Waals surface area (Å²) in [5.74, 6) is 2.23. The van der Waals surface area contributed by atoms with Crippen molar-refractivity contribution in [3.8, 4) is 0 Å². The van der Waals surface area contributed by atoms with E-state index in [2.05, 4.69) is 26.1 Å². The lowest BCUT2D eigenvalue weighted by atomic mass is 9.72. The molecule has 0 heterocycles. The Bertz CT molecular complexity index is 440. The molecule has 0 aromatic heterocycles. The van der Waals surface area contributed by atoms with E-state index in [0.717, 1.165) is 40.4 Å². The molecule has 1 aromatic rings. The molecule has 0 radical (unpaired) electrons. The first-order chi connectivity index (χ1) is 10.0. The average molecular weight is 328 g/mol. The van der Waals surface area contributed by atoms with E-state index in [1.807, 2.05) is 18.2 Å². The van der Waals surface area contributed by atoms with Crippen molar-refractivity contribution in [3.63, 3.8) is 0 Å². The second-order valence-electron chi connectivity index (χ2n) is 6.59. The van der Waals surface area contributed by atoms with E-state index in [1.165, 1.54) is 19.3 Å². The van der Waals surface area contributed by atoms with Gasteiger partial charge in [0.1, 0.15) is 0 Å². The summed E-state index contributed by atoms with van der Waals surface area (Å²) in [5.41, 5.74) is 1.10. The highest BCUT2D eigenvalue weighted by atomic mass is 35.5. The van der Waals surface area contributed by atoms with Crippen molar-refractivity contribution in [1.82, 2.24) is 5.32 Å². The Kier molecular flexibility index (Phi) is 6.40. The summed E-state index contributed by atoms with van der Waals surface area (Å²) < 4.78 is 0. The summed E-state index contributed by atoms with van der Waals surface area (Å²) in [4.78, 5) is 0. The Morgan fingerprint density at radius 3 is 2.38 bits per heavy atom. The van der Waals surface area contributed by atoms with Gasteiger partial charge < -0.3 is 5.32 Å². The quantitative estimate of drug-likeness (QED) is 0.688. The van der Waals surface area contributed by atoms with Crippen LogP contribution in [-0.4, -0.2) is 6.54 Å². The second kappa shape index (κ2) is 7.85. The molecule has 0 spiro atoms. The molecule has 4 unspecified atom stereocenters. The number of hydrogen-bond acceptors (Lipinski definition) is 1. The van der Waals surface area contributed by atoms with Gasteiger partial charge in [0.25, 0.3) is 0 Å². The average Bonchev–Trinajstić information content (AvgIpc) is 2.45. The van der Waals surface area contributed by atoms with Crippen molar-refractivity contribution in [1.29, 1.82) is 0 Å². The molecule has 1 fully saturated rings. The minimum absolute atomic E-state index is 0.279. The molecule has 1 aromatic carbocycles. The number of nitrogens with one attached hydrogen (secondary N) is 1. The zero-order valence-electron chi connectivity index (χ0n) is 13.3. The standard InChI is InChI=1S/C18H27Cl2N/c1-4-10-21-18(14-9-8-12(2)13(3)11-14)17-15(19)6-5-7-16(17)20/h5-7,12-14,18,21H,4,8-11H2,1-3H3. The number of halogens is 2. The van der Waals surface area contributed by atoms with Gasteiger partial charge in [-0.1, -0.05) is 56.5 Å². The van der Waals surface area contributed by atoms with E-state index in [4.69, 9.17) is 23.2 Å². The van der Waals surface area contributed by atoms with Gasteiger partial charge in [0.2, 0.25) is 0 Å². The lowest BCUT2D eigenvalue weighted by Crippen LogP contribution is -2.34. The fourth-order valence-corrected chi connectivity index (χ4v) is 4.14. The first-order valence-corrected chi connectivity index (χ1v) is 8.97. The monoisotopic (exact) mass is 327 g/mol. The van der Waals surface area contributed by atoms with Crippen LogP contribution in [0.2, 0.25) is 10.0 Å². The van der Waals surface area contributed by atoms with Gasteiger partial charge >= 0.3 is 0 Å². The van der Waals surface area contributed by atoms with Crippen LogP contribution in [0, 0.1) is 17.8 Å². The van der Waals surface area contributed by atoms with Crippen LogP contribution in [0.3, 0.4) is 0 Å². The molecule has 1 saturated carbocycles. The third-order valence-electron chi connectivity index (χ3n) is 5.04. The molecular formula is C18H27Cl2N. The predicted molar refractivity (Wildman–Crippen MR) is 93.2 cm³/mol. The summed E-state index contributed by atoms with van der Waals surface area (Å²) in [7, 11) is 0. The molecular weight excluding hydrogens is 301 g/mol. The van der Waals surface area contributed by atoms with Crippen molar-refractivity contribution >= 4 is 23.2 Å². The van der Waals surface area contributed by atoms with Crippen molar-refractivity contribution in [2.24, 2.45) is 17.8 Å². The van der Waals surface area contributed by atoms with E-state index in [1.54, 1.807) is 0 Å². The highest BCUT2D eigenvalue weighted by Gasteiger charge is 2.32. The topological polar surface area (TPSA) is 12.0 Å². The zero-order valence-corrected chi connectivity index (χ0v) is 14.8. The van der Waals surface area contributed by atoms with Crippen LogP contribution in [0.15, 0.2) is 18.2 Å². The highest BCUT2D eigenvalue weighted by molar-refractivity contribution is 6.36. The first kappa shape index (κ1) is 17.1. The lowest BCUT2D eigenvalue weighted by molar-refractivity contribution is 0.171. The Labute approximate surface area is 139 Å². The predicted octanol–water partition coefficient (Wildman–Crippen LogP) is 6.11. The molecule has 1 nitrogen and oxygen atoms in total. The smallest absolute Gasteiger partial charge is 0.0468 e. The Balaban J connectivity index is 2.26. The van der Waals surface area contributed by atoms with Crippen molar-refractivity contribution in [2.75, 3.05) is 6.54 Å². The third kappa shape index (κ3) is 4.15. The van der Waals surface area contributed by atoms with Crippen LogP contribution < -0.4 is 5.32 Å². The minimum atomic E-state index is 0.279. The summed E-state index contributed by atoms with van der Waals surface area (Å²) in [6, 6.07) is 6.12. The summed E-state index contributed by atoms with van der Waals surface area (Å²) in [5, 5.41) is 5.29. The van der Waals surface area contributed by atoms with E-state index >= 15 is 0 Å². The fourth-order valence-electron chi connectivity index (χ4n) is 3.50. The largest absolute Gasteiger partial charge is 0.310 e.